The Morgan fingerprint density at radius 2 is 1.33 bits per heavy atom. The van der Waals surface area contributed by atoms with Crippen molar-refractivity contribution in [1.82, 2.24) is 0 Å². The van der Waals surface area contributed by atoms with Crippen molar-refractivity contribution < 1.29 is 18.8 Å². The first-order chi connectivity index (χ1) is 18.9. The second kappa shape index (κ2) is 18.9. The van der Waals surface area contributed by atoms with Crippen molar-refractivity contribution in [3.05, 3.63) is 65.7 Å². The number of quaternary nitrogens is 1. The zero-order chi connectivity index (χ0) is 28.3. The van der Waals surface area contributed by atoms with Crippen LogP contribution < -0.4 is 4.74 Å². The summed E-state index contributed by atoms with van der Waals surface area (Å²) in [7, 11) is 4.22. The van der Waals surface area contributed by atoms with E-state index in [0.29, 0.717) is 4.48 Å². The topological polar surface area (TPSA) is 35.5 Å². The molecule has 4 heteroatoms. The second-order valence-corrected chi connectivity index (χ2v) is 11.8. The van der Waals surface area contributed by atoms with E-state index in [2.05, 4.69) is 52.2 Å². The van der Waals surface area contributed by atoms with Crippen LogP contribution in [-0.4, -0.2) is 36.9 Å². The maximum absolute atomic E-state index is 13.2. The SMILES string of the molecule is CCCCCCCCCCCCCc1cccc(OC(C)OC(=O)C(CCC)[N+](C)(C)Cc2ccccc2)c1. The summed E-state index contributed by atoms with van der Waals surface area (Å²) in [5.41, 5.74) is 2.50. The molecule has 0 spiro atoms. The molecule has 0 saturated heterocycles. The molecule has 2 aromatic carbocycles. The molecule has 39 heavy (non-hydrogen) atoms. The van der Waals surface area contributed by atoms with E-state index in [1.165, 1.54) is 81.8 Å². The van der Waals surface area contributed by atoms with E-state index in [4.69, 9.17) is 9.47 Å². The van der Waals surface area contributed by atoms with Gasteiger partial charge in [-0.2, -0.15) is 0 Å². The van der Waals surface area contributed by atoms with Gasteiger partial charge < -0.3 is 14.0 Å². The summed E-state index contributed by atoms with van der Waals surface area (Å²) < 4.78 is 12.4. The number of nitrogens with zero attached hydrogens (tertiary/aromatic N) is 1. The highest BCUT2D eigenvalue weighted by Gasteiger charge is 2.36. The van der Waals surface area contributed by atoms with Gasteiger partial charge in [0.05, 0.1) is 14.1 Å². The van der Waals surface area contributed by atoms with Crippen LogP contribution in [0.25, 0.3) is 0 Å². The van der Waals surface area contributed by atoms with Crippen molar-refractivity contribution in [2.75, 3.05) is 14.1 Å². The van der Waals surface area contributed by atoms with Gasteiger partial charge in [0.2, 0.25) is 6.29 Å². The number of unbranched alkanes of at least 4 members (excludes halogenated alkanes) is 10. The normalized spacial score (nSPS) is 13.2. The minimum absolute atomic E-state index is 0.192. The predicted octanol–water partition coefficient (Wildman–Crippen LogP) is 9.25. The molecule has 0 amide bonds. The van der Waals surface area contributed by atoms with Crippen LogP contribution in [0.3, 0.4) is 0 Å². The number of benzene rings is 2. The molecule has 4 nitrogen and oxygen atoms in total. The van der Waals surface area contributed by atoms with Gasteiger partial charge >= 0.3 is 5.97 Å². The van der Waals surface area contributed by atoms with Gasteiger partial charge in [-0.1, -0.05) is 121 Å². The Morgan fingerprint density at radius 3 is 1.95 bits per heavy atom. The molecule has 2 unspecified atom stereocenters. The van der Waals surface area contributed by atoms with Gasteiger partial charge in [-0.15, -0.1) is 0 Å². The molecule has 0 aliphatic heterocycles. The summed E-state index contributed by atoms with van der Waals surface area (Å²) >= 11 is 0. The molecule has 2 atom stereocenters. The van der Waals surface area contributed by atoms with Gasteiger partial charge in [0.1, 0.15) is 12.3 Å². The fourth-order valence-electron chi connectivity index (χ4n) is 5.42. The second-order valence-electron chi connectivity index (χ2n) is 11.8. The van der Waals surface area contributed by atoms with E-state index in [1.54, 1.807) is 0 Å². The van der Waals surface area contributed by atoms with E-state index in [9.17, 15) is 4.79 Å². The van der Waals surface area contributed by atoms with Crippen molar-refractivity contribution in [1.29, 1.82) is 0 Å². The molecule has 0 aromatic heterocycles. The van der Waals surface area contributed by atoms with Crippen LogP contribution in [0.2, 0.25) is 0 Å². The van der Waals surface area contributed by atoms with Crippen LogP contribution in [0.5, 0.6) is 5.75 Å². The summed E-state index contributed by atoms with van der Waals surface area (Å²) in [6, 6.07) is 18.4. The largest absolute Gasteiger partial charge is 0.455 e. The quantitative estimate of drug-likeness (QED) is 0.0687. The smallest absolute Gasteiger partial charge is 0.368 e. The van der Waals surface area contributed by atoms with Gasteiger partial charge in [0, 0.05) is 18.9 Å². The van der Waals surface area contributed by atoms with E-state index in [-0.39, 0.29) is 12.0 Å². The number of carbonyl (C=O) groups is 1. The number of esters is 1. The van der Waals surface area contributed by atoms with Crippen molar-refractivity contribution in [3.8, 4) is 5.75 Å². The van der Waals surface area contributed by atoms with Crippen LogP contribution in [0.1, 0.15) is 115 Å². The fraction of sp³-hybridized carbons (Fsp3) is 0.629. The van der Waals surface area contributed by atoms with E-state index < -0.39 is 6.29 Å². The maximum atomic E-state index is 13.2. The Morgan fingerprint density at radius 1 is 0.744 bits per heavy atom. The highest BCUT2D eigenvalue weighted by Crippen LogP contribution is 2.22. The van der Waals surface area contributed by atoms with Gasteiger partial charge in [0.15, 0.2) is 6.04 Å². The van der Waals surface area contributed by atoms with Gasteiger partial charge in [-0.05, 0) is 37.0 Å². The highest BCUT2D eigenvalue weighted by atomic mass is 16.7. The molecule has 0 saturated carbocycles. The van der Waals surface area contributed by atoms with Gasteiger partial charge in [0.25, 0.3) is 0 Å². The number of ether oxygens (including phenoxy) is 2. The lowest BCUT2D eigenvalue weighted by molar-refractivity contribution is -0.920. The van der Waals surface area contributed by atoms with Gasteiger partial charge in [-0.25, -0.2) is 4.79 Å². The molecule has 0 aliphatic carbocycles. The molecule has 0 heterocycles. The zero-order valence-electron chi connectivity index (χ0n) is 25.6. The lowest BCUT2D eigenvalue weighted by atomic mass is 10.0. The summed E-state index contributed by atoms with van der Waals surface area (Å²) in [4.78, 5) is 13.2. The molecule has 0 N–H and O–H groups in total. The third kappa shape index (κ3) is 13.5. The first kappa shape index (κ1) is 32.9. The highest BCUT2D eigenvalue weighted by molar-refractivity contribution is 5.74. The Bertz CT molecular complexity index is 911. The molecule has 0 fully saturated rings. The zero-order valence-corrected chi connectivity index (χ0v) is 25.6. The Hall–Kier alpha value is -2.33. The number of hydrogen-bond donors (Lipinski definition) is 0. The van der Waals surface area contributed by atoms with Gasteiger partial charge in [-0.3, -0.25) is 0 Å². The molecule has 0 radical (unpaired) electrons. The van der Waals surface area contributed by atoms with E-state index in [0.717, 1.165) is 31.6 Å². The Kier molecular flexibility index (Phi) is 15.9. The lowest BCUT2D eigenvalue weighted by Crippen LogP contribution is -2.53. The number of hydrogen-bond acceptors (Lipinski definition) is 3. The predicted molar refractivity (Wildman–Crippen MR) is 164 cm³/mol. The van der Waals surface area contributed by atoms with E-state index in [1.807, 2.05) is 37.3 Å². The first-order valence-electron chi connectivity index (χ1n) is 15.7. The molecule has 2 rings (SSSR count). The average molecular weight is 539 g/mol. The maximum Gasteiger partial charge on any atom is 0.368 e. The summed E-state index contributed by atoms with van der Waals surface area (Å²) in [5.74, 6) is 0.573. The van der Waals surface area contributed by atoms with Crippen molar-refractivity contribution in [3.63, 3.8) is 0 Å². The van der Waals surface area contributed by atoms with Crippen LogP contribution >= 0.6 is 0 Å². The van der Waals surface area contributed by atoms with E-state index >= 15 is 0 Å². The summed E-state index contributed by atoms with van der Waals surface area (Å²) in [6.45, 7) is 6.98. The van der Waals surface area contributed by atoms with Crippen LogP contribution in [-0.2, 0) is 22.5 Å². The summed E-state index contributed by atoms with van der Waals surface area (Å²) in [6.07, 6.45) is 17.0. The Labute approximate surface area is 239 Å². The lowest BCUT2D eigenvalue weighted by Gasteiger charge is -2.37. The number of carbonyl (C=O) groups excluding carboxylic acids is 1. The monoisotopic (exact) mass is 538 g/mol. The number of aryl methyl sites for hydroxylation is 1. The number of likely N-dealkylation sites (N-methyl/N-ethyl adjacent to an activating group) is 1. The average Bonchev–Trinajstić information content (AvgIpc) is 2.90. The van der Waals surface area contributed by atoms with Crippen molar-refractivity contribution in [2.45, 2.75) is 130 Å². The van der Waals surface area contributed by atoms with Crippen LogP contribution in [0.15, 0.2) is 54.6 Å². The molecule has 2 aromatic rings. The molecule has 0 aliphatic rings. The van der Waals surface area contributed by atoms with Crippen LogP contribution in [0.4, 0.5) is 0 Å². The fourth-order valence-corrected chi connectivity index (χ4v) is 5.42. The molecule has 218 valence electrons. The minimum Gasteiger partial charge on any atom is -0.455 e. The summed E-state index contributed by atoms with van der Waals surface area (Å²) in [5, 5.41) is 0. The third-order valence-electron chi connectivity index (χ3n) is 7.66. The molecular formula is C35H56NO3+. The van der Waals surface area contributed by atoms with Crippen molar-refractivity contribution >= 4 is 5.97 Å². The minimum atomic E-state index is -0.634. The third-order valence-corrected chi connectivity index (χ3v) is 7.66. The molecular weight excluding hydrogens is 482 g/mol. The standard InChI is InChI=1S/C35H56NO3/c1-6-8-9-10-11-12-13-14-15-16-18-23-31-26-21-27-33(28-31)38-30(3)39-35(37)34(22-7-2)36(4,5)29-32-24-19-17-20-25-32/h17,19-21,24-28,30,34H,6-16,18,22-23,29H2,1-5H3/q+1. The van der Waals surface area contributed by atoms with Crippen LogP contribution in [0, 0.1) is 0 Å². The van der Waals surface area contributed by atoms with Crippen molar-refractivity contribution in [2.24, 2.45) is 0 Å². The first-order valence-corrected chi connectivity index (χ1v) is 15.7. The number of rotatable bonds is 21. The molecule has 0 bridgehead atoms. The Balaban J connectivity index is 1.75.